The first-order valence-corrected chi connectivity index (χ1v) is 9.20. The van der Waals surface area contributed by atoms with Crippen molar-refractivity contribution in [3.05, 3.63) is 0 Å². The fraction of sp³-hybridized carbons (Fsp3) is 1.00. The molecule has 0 aliphatic rings. The molecule has 10 N–H and O–H groups in total. The highest BCUT2D eigenvalue weighted by molar-refractivity contribution is 4.75. The van der Waals surface area contributed by atoms with Crippen molar-refractivity contribution >= 4 is 0 Å². The molecule has 0 rings (SSSR count). The minimum absolute atomic E-state index is 0.167. The van der Waals surface area contributed by atoms with E-state index >= 15 is 0 Å². The maximum absolute atomic E-state index is 8.91. The third kappa shape index (κ3) is 27.8. The maximum Gasteiger partial charge on any atom is 0.108 e. The van der Waals surface area contributed by atoms with Gasteiger partial charge in [0.25, 0.3) is 0 Å². The van der Waals surface area contributed by atoms with Crippen LogP contribution < -0.4 is 0 Å². The van der Waals surface area contributed by atoms with Crippen LogP contribution >= 0.6 is 0 Å². The molecule has 0 aromatic rings. The molecule has 0 aliphatic heterocycles. The van der Waals surface area contributed by atoms with Crippen LogP contribution in [0.1, 0.15) is 55.4 Å². The summed E-state index contributed by atoms with van der Waals surface area (Å²) in [5.41, 5.74) is 0. The van der Waals surface area contributed by atoms with Crippen LogP contribution in [0.4, 0.5) is 0 Å². The molecule has 0 radical (unpaired) electrons. The third-order valence-corrected chi connectivity index (χ3v) is 3.03. The monoisotopic (exact) mass is 420 g/mol. The molecule has 8 atom stereocenters. The Balaban J connectivity index is -0.000000144. The lowest BCUT2D eigenvalue weighted by molar-refractivity contribution is -0.0947. The predicted octanol–water partition coefficient (Wildman–Crippen LogP) is -2.29. The molecule has 0 heterocycles. The molecular formula is C18H44O10. The summed E-state index contributed by atoms with van der Waals surface area (Å²) in [6.45, 7) is 12.1. The quantitative estimate of drug-likeness (QED) is 0.223. The fourth-order valence-electron chi connectivity index (χ4n) is 0.974. The van der Waals surface area contributed by atoms with Gasteiger partial charge in [0.2, 0.25) is 0 Å². The highest BCUT2D eigenvalue weighted by Gasteiger charge is 2.24. The van der Waals surface area contributed by atoms with Gasteiger partial charge in [-0.15, -0.1) is 0 Å². The number of aliphatic hydroxyl groups excluding tert-OH is 10. The van der Waals surface area contributed by atoms with E-state index < -0.39 is 54.9 Å². The average molecular weight is 421 g/mol. The zero-order valence-electron chi connectivity index (χ0n) is 18.2. The second kappa shape index (κ2) is 19.9. The third-order valence-electron chi connectivity index (χ3n) is 3.03. The fourth-order valence-corrected chi connectivity index (χ4v) is 0.974. The Morgan fingerprint density at radius 1 is 0.286 bits per heavy atom. The first kappa shape index (κ1) is 35.1. The molecule has 10 nitrogen and oxygen atoms in total. The van der Waals surface area contributed by atoms with E-state index in [0.29, 0.717) is 0 Å². The summed E-state index contributed by atoms with van der Waals surface area (Å²) in [5, 5.41) is 85.9. The Bertz CT molecular complexity index is 278. The second-order valence-electron chi connectivity index (χ2n) is 7.01. The van der Waals surface area contributed by atoms with Gasteiger partial charge in [-0.3, -0.25) is 0 Å². The van der Waals surface area contributed by atoms with Gasteiger partial charge in [0, 0.05) is 6.10 Å². The molecule has 0 aliphatic carbocycles. The Morgan fingerprint density at radius 2 is 0.429 bits per heavy atom. The van der Waals surface area contributed by atoms with Gasteiger partial charge in [-0.1, -0.05) is 0 Å². The number of rotatable bonds is 6. The van der Waals surface area contributed by atoms with Crippen molar-refractivity contribution in [1.82, 2.24) is 0 Å². The van der Waals surface area contributed by atoms with Crippen molar-refractivity contribution in [2.75, 3.05) is 0 Å². The van der Waals surface area contributed by atoms with Gasteiger partial charge < -0.3 is 51.1 Å². The van der Waals surface area contributed by atoms with Crippen molar-refractivity contribution in [2.24, 2.45) is 0 Å². The van der Waals surface area contributed by atoms with E-state index in [1.165, 1.54) is 27.7 Å². The molecule has 0 spiro atoms. The summed E-state index contributed by atoms with van der Waals surface area (Å²) in [4.78, 5) is 0. The van der Waals surface area contributed by atoms with Crippen LogP contribution in [0, 0.1) is 0 Å². The normalized spacial score (nSPS) is 20.2. The van der Waals surface area contributed by atoms with Crippen molar-refractivity contribution in [3.8, 4) is 0 Å². The topological polar surface area (TPSA) is 202 Å². The molecule has 0 aromatic carbocycles. The summed E-state index contributed by atoms with van der Waals surface area (Å²) in [7, 11) is 0. The summed E-state index contributed by atoms with van der Waals surface area (Å²) < 4.78 is 0. The van der Waals surface area contributed by atoms with Crippen LogP contribution in [-0.2, 0) is 0 Å². The van der Waals surface area contributed by atoms with E-state index in [9.17, 15) is 0 Å². The highest BCUT2D eigenvalue weighted by Crippen LogP contribution is 2.03. The predicted molar refractivity (Wildman–Crippen MR) is 105 cm³/mol. The lowest BCUT2D eigenvalue weighted by atomic mass is 10.1. The number of hydrogen-bond acceptors (Lipinski definition) is 10. The molecule has 0 fully saturated rings. The lowest BCUT2D eigenvalue weighted by Gasteiger charge is -2.21. The number of aliphatic hydroxyl groups is 10. The molecule has 0 saturated heterocycles. The molecule has 8 unspecified atom stereocenters. The highest BCUT2D eigenvalue weighted by atomic mass is 16.4. The van der Waals surface area contributed by atoms with E-state index in [0.717, 1.165) is 0 Å². The van der Waals surface area contributed by atoms with Gasteiger partial charge >= 0.3 is 0 Å². The van der Waals surface area contributed by atoms with Crippen LogP contribution in [0.15, 0.2) is 0 Å². The van der Waals surface area contributed by atoms with Gasteiger partial charge in [-0.25, -0.2) is 0 Å². The van der Waals surface area contributed by atoms with E-state index in [1.54, 1.807) is 27.7 Å². The molecule has 28 heavy (non-hydrogen) atoms. The summed E-state index contributed by atoms with van der Waals surface area (Å²) in [5.74, 6) is 0. The zero-order valence-corrected chi connectivity index (χ0v) is 18.2. The molecule has 0 aromatic heterocycles. The molecule has 176 valence electrons. The summed E-state index contributed by atoms with van der Waals surface area (Å²) in [6.07, 6.45) is -8.68. The van der Waals surface area contributed by atoms with E-state index in [-0.39, 0.29) is 6.10 Å². The van der Waals surface area contributed by atoms with Gasteiger partial charge in [0.1, 0.15) is 18.3 Å². The van der Waals surface area contributed by atoms with Crippen LogP contribution in [0.2, 0.25) is 0 Å². The Hall–Kier alpha value is -0.400. The minimum atomic E-state index is -1.28. The molecule has 10 heteroatoms. The first-order valence-electron chi connectivity index (χ1n) is 9.20. The molecule has 0 saturated carbocycles. The Morgan fingerprint density at radius 3 is 0.464 bits per heavy atom. The van der Waals surface area contributed by atoms with Crippen molar-refractivity contribution in [1.29, 1.82) is 0 Å². The summed E-state index contributed by atoms with van der Waals surface area (Å²) >= 11 is 0. The molecule has 0 bridgehead atoms. The van der Waals surface area contributed by atoms with Gasteiger partial charge in [-0.2, -0.15) is 0 Å². The van der Waals surface area contributed by atoms with Crippen molar-refractivity contribution < 1.29 is 51.1 Å². The van der Waals surface area contributed by atoms with Crippen LogP contribution in [0.3, 0.4) is 0 Å². The Labute approximate surface area is 168 Å². The van der Waals surface area contributed by atoms with E-state index in [2.05, 4.69) is 0 Å². The van der Waals surface area contributed by atoms with Crippen LogP contribution in [0.5, 0.6) is 0 Å². The van der Waals surface area contributed by atoms with Crippen LogP contribution in [0.25, 0.3) is 0 Å². The van der Waals surface area contributed by atoms with Crippen LogP contribution in [-0.4, -0.2) is 112 Å². The van der Waals surface area contributed by atoms with Gasteiger partial charge in [0.15, 0.2) is 0 Å². The van der Waals surface area contributed by atoms with Crippen molar-refractivity contribution in [3.63, 3.8) is 0 Å². The van der Waals surface area contributed by atoms with Crippen molar-refractivity contribution in [2.45, 2.75) is 116 Å². The zero-order chi connectivity index (χ0) is 23.8. The lowest BCUT2D eigenvalue weighted by Crippen LogP contribution is -2.41. The van der Waals surface area contributed by atoms with E-state index in [1.807, 2.05) is 0 Å². The first-order chi connectivity index (χ1) is 12.4. The SMILES string of the molecule is CC(C)O.CC(O)C(C)O.CC(O)C(O)C(C)O.CC(O)C(O)C(O)C(C)O. The van der Waals surface area contributed by atoms with Gasteiger partial charge in [-0.05, 0) is 55.4 Å². The van der Waals surface area contributed by atoms with E-state index in [4.69, 9.17) is 51.1 Å². The molecule has 0 amide bonds. The second-order valence-corrected chi connectivity index (χ2v) is 7.01. The smallest absolute Gasteiger partial charge is 0.108 e. The van der Waals surface area contributed by atoms with Gasteiger partial charge in [0.05, 0.1) is 36.6 Å². The Kier molecular flexibility index (Phi) is 24.9. The number of hydrogen-bond donors (Lipinski definition) is 10. The standard InChI is InChI=1S/C6H14O4.C5H12O3.C4H10O2.C3H8O/c1-3(7)5(9)6(10)4(2)8;1-3(6)5(8)4(2)7;1-3(5)4(2)6;1-3(2)4/h3-10H,1-2H3;3-8H,1-2H3;3-6H,1-2H3;3-4H,1-2H3. The maximum atomic E-state index is 8.91. The summed E-state index contributed by atoms with van der Waals surface area (Å²) in [6, 6.07) is 0. The largest absolute Gasteiger partial charge is 0.394 e. The average Bonchev–Trinajstić information content (AvgIpc) is 2.52. The minimum Gasteiger partial charge on any atom is -0.394 e. The molecular weight excluding hydrogens is 376 g/mol.